The van der Waals surface area contributed by atoms with Crippen molar-refractivity contribution >= 4 is 5.78 Å². The molecule has 0 aliphatic heterocycles. The van der Waals surface area contributed by atoms with E-state index < -0.39 is 6.10 Å². The fourth-order valence-electron chi connectivity index (χ4n) is 1.02. The van der Waals surface area contributed by atoms with Crippen LogP contribution >= 0.6 is 0 Å². The Bertz CT molecular complexity index is 134. The van der Waals surface area contributed by atoms with E-state index in [9.17, 15) is 9.90 Å². The van der Waals surface area contributed by atoms with Crippen LogP contribution in [0.2, 0.25) is 0 Å². The predicted molar refractivity (Wildman–Crippen MR) is 46.8 cm³/mol. The summed E-state index contributed by atoms with van der Waals surface area (Å²) in [5.41, 5.74) is 0. The SMILES string of the molecule is CCC(O)CCC(O)CC(C)=O. The lowest BCUT2D eigenvalue weighted by Crippen LogP contribution is -2.15. The van der Waals surface area contributed by atoms with Crippen molar-refractivity contribution in [3.8, 4) is 0 Å². The molecule has 0 aromatic rings. The smallest absolute Gasteiger partial charge is 0.132 e. The number of carbonyl (C=O) groups is 1. The number of ketones is 1. The van der Waals surface area contributed by atoms with Gasteiger partial charge in [0.05, 0.1) is 12.2 Å². The molecule has 0 radical (unpaired) electrons. The second kappa shape index (κ2) is 6.14. The maximum Gasteiger partial charge on any atom is 0.132 e. The van der Waals surface area contributed by atoms with E-state index in [1.807, 2.05) is 6.92 Å². The minimum absolute atomic E-state index is 0.00603. The summed E-state index contributed by atoms with van der Waals surface area (Å²) >= 11 is 0. The Morgan fingerprint density at radius 2 is 1.75 bits per heavy atom. The largest absolute Gasteiger partial charge is 0.393 e. The standard InChI is InChI=1S/C9H18O3/c1-3-8(11)4-5-9(12)6-7(2)10/h8-9,11-12H,3-6H2,1-2H3. The molecule has 2 N–H and O–H groups in total. The Labute approximate surface area is 73.4 Å². The van der Waals surface area contributed by atoms with Gasteiger partial charge in [0.15, 0.2) is 0 Å². The van der Waals surface area contributed by atoms with Crippen LogP contribution < -0.4 is 0 Å². The molecule has 2 atom stereocenters. The van der Waals surface area contributed by atoms with Gasteiger partial charge in [-0.05, 0) is 26.2 Å². The first-order valence-electron chi connectivity index (χ1n) is 4.41. The summed E-state index contributed by atoms with van der Waals surface area (Å²) in [4.78, 5) is 10.5. The molecule has 0 aliphatic rings. The van der Waals surface area contributed by atoms with E-state index in [0.29, 0.717) is 19.3 Å². The Balaban J connectivity index is 3.43. The molecule has 0 amide bonds. The molecule has 3 nitrogen and oxygen atoms in total. The van der Waals surface area contributed by atoms with E-state index in [0.717, 1.165) is 0 Å². The van der Waals surface area contributed by atoms with E-state index in [-0.39, 0.29) is 18.3 Å². The third kappa shape index (κ3) is 6.31. The molecule has 0 aliphatic carbocycles. The summed E-state index contributed by atoms with van der Waals surface area (Å²) in [6, 6.07) is 0. The average Bonchev–Trinajstić information content (AvgIpc) is 1.99. The van der Waals surface area contributed by atoms with Gasteiger partial charge in [0.25, 0.3) is 0 Å². The predicted octanol–water partition coefficient (Wildman–Crippen LogP) is 0.877. The second-order valence-corrected chi connectivity index (χ2v) is 3.20. The van der Waals surface area contributed by atoms with Crippen LogP contribution in [0.3, 0.4) is 0 Å². The molecule has 0 aromatic heterocycles. The topological polar surface area (TPSA) is 57.5 Å². The van der Waals surface area contributed by atoms with Crippen LogP contribution in [0, 0.1) is 0 Å². The number of hydrogen-bond acceptors (Lipinski definition) is 3. The first-order chi connectivity index (χ1) is 5.56. The highest BCUT2D eigenvalue weighted by atomic mass is 16.3. The third-order valence-corrected chi connectivity index (χ3v) is 1.83. The lowest BCUT2D eigenvalue weighted by molar-refractivity contribution is -0.119. The molecule has 0 fully saturated rings. The van der Waals surface area contributed by atoms with Gasteiger partial charge in [-0.3, -0.25) is 4.79 Å². The molecule has 2 unspecified atom stereocenters. The number of hydrogen-bond donors (Lipinski definition) is 2. The van der Waals surface area contributed by atoms with Crippen LogP contribution in [0.1, 0.15) is 39.5 Å². The molecule has 0 heterocycles. The Kier molecular flexibility index (Phi) is 5.93. The van der Waals surface area contributed by atoms with Gasteiger partial charge in [-0.2, -0.15) is 0 Å². The molecule has 0 saturated carbocycles. The van der Waals surface area contributed by atoms with Crippen molar-refractivity contribution in [3.63, 3.8) is 0 Å². The molecule has 0 saturated heterocycles. The number of aliphatic hydroxyl groups excluding tert-OH is 2. The zero-order valence-corrected chi connectivity index (χ0v) is 7.79. The molecule has 3 heteroatoms. The normalized spacial score (nSPS) is 15.7. The van der Waals surface area contributed by atoms with E-state index in [1.54, 1.807) is 0 Å². The van der Waals surface area contributed by atoms with E-state index in [4.69, 9.17) is 5.11 Å². The van der Waals surface area contributed by atoms with Crippen molar-refractivity contribution in [2.75, 3.05) is 0 Å². The Morgan fingerprint density at radius 3 is 2.17 bits per heavy atom. The molecule has 0 rings (SSSR count). The quantitative estimate of drug-likeness (QED) is 0.628. The number of rotatable bonds is 6. The summed E-state index contributed by atoms with van der Waals surface area (Å²) in [6.07, 6.45) is 1.07. The molecule has 72 valence electrons. The van der Waals surface area contributed by atoms with Gasteiger partial charge in [0, 0.05) is 6.42 Å². The highest BCUT2D eigenvalue weighted by molar-refractivity contribution is 5.75. The van der Waals surface area contributed by atoms with Crippen LogP contribution in [0.4, 0.5) is 0 Å². The summed E-state index contributed by atoms with van der Waals surface area (Å²) in [7, 11) is 0. The first-order valence-corrected chi connectivity index (χ1v) is 4.41. The first kappa shape index (κ1) is 11.6. The maximum absolute atomic E-state index is 10.5. The van der Waals surface area contributed by atoms with Gasteiger partial charge in [-0.1, -0.05) is 6.92 Å². The van der Waals surface area contributed by atoms with Crippen LogP contribution in [0.25, 0.3) is 0 Å². The third-order valence-electron chi connectivity index (χ3n) is 1.83. The second-order valence-electron chi connectivity index (χ2n) is 3.20. The van der Waals surface area contributed by atoms with E-state index >= 15 is 0 Å². The molecule has 0 aromatic carbocycles. The van der Waals surface area contributed by atoms with Gasteiger partial charge in [-0.15, -0.1) is 0 Å². The lowest BCUT2D eigenvalue weighted by atomic mass is 10.0. The molecule has 0 bridgehead atoms. The summed E-state index contributed by atoms with van der Waals surface area (Å²) < 4.78 is 0. The summed E-state index contributed by atoms with van der Waals surface area (Å²) in [5.74, 6) is -0.00603. The van der Waals surface area contributed by atoms with Crippen molar-refractivity contribution in [2.45, 2.75) is 51.7 Å². The zero-order chi connectivity index (χ0) is 9.56. The molecule has 0 spiro atoms. The van der Waals surface area contributed by atoms with Crippen LogP contribution in [-0.4, -0.2) is 28.2 Å². The maximum atomic E-state index is 10.5. The van der Waals surface area contributed by atoms with E-state index in [1.165, 1.54) is 6.92 Å². The average molecular weight is 174 g/mol. The molecule has 12 heavy (non-hydrogen) atoms. The van der Waals surface area contributed by atoms with Crippen molar-refractivity contribution in [1.29, 1.82) is 0 Å². The number of Topliss-reactive ketones (excluding diaryl/α,β-unsaturated/α-hetero) is 1. The van der Waals surface area contributed by atoms with Gasteiger partial charge in [0.1, 0.15) is 5.78 Å². The van der Waals surface area contributed by atoms with Crippen molar-refractivity contribution in [2.24, 2.45) is 0 Å². The minimum atomic E-state index is -0.580. The number of aliphatic hydroxyl groups is 2. The van der Waals surface area contributed by atoms with Crippen molar-refractivity contribution in [1.82, 2.24) is 0 Å². The van der Waals surface area contributed by atoms with Gasteiger partial charge < -0.3 is 10.2 Å². The van der Waals surface area contributed by atoms with Gasteiger partial charge in [0.2, 0.25) is 0 Å². The van der Waals surface area contributed by atoms with Crippen molar-refractivity contribution < 1.29 is 15.0 Å². The zero-order valence-electron chi connectivity index (χ0n) is 7.79. The fourth-order valence-corrected chi connectivity index (χ4v) is 1.02. The summed E-state index contributed by atoms with van der Waals surface area (Å²) in [6.45, 7) is 3.35. The van der Waals surface area contributed by atoms with Crippen LogP contribution in [0.5, 0.6) is 0 Å². The van der Waals surface area contributed by atoms with Gasteiger partial charge >= 0.3 is 0 Å². The van der Waals surface area contributed by atoms with Crippen LogP contribution in [0.15, 0.2) is 0 Å². The van der Waals surface area contributed by atoms with Crippen LogP contribution in [-0.2, 0) is 4.79 Å². The minimum Gasteiger partial charge on any atom is -0.393 e. The monoisotopic (exact) mass is 174 g/mol. The molecular weight excluding hydrogens is 156 g/mol. The summed E-state index contributed by atoms with van der Waals surface area (Å²) in [5, 5.41) is 18.4. The van der Waals surface area contributed by atoms with Gasteiger partial charge in [-0.25, -0.2) is 0 Å². The highest BCUT2D eigenvalue weighted by Crippen LogP contribution is 2.07. The van der Waals surface area contributed by atoms with E-state index in [2.05, 4.69) is 0 Å². The van der Waals surface area contributed by atoms with Crippen molar-refractivity contribution in [3.05, 3.63) is 0 Å². The molecular formula is C9H18O3. The highest BCUT2D eigenvalue weighted by Gasteiger charge is 2.09. The fraction of sp³-hybridized carbons (Fsp3) is 0.889. The number of carbonyl (C=O) groups excluding carboxylic acids is 1. The Morgan fingerprint density at radius 1 is 1.25 bits per heavy atom. The lowest BCUT2D eigenvalue weighted by Gasteiger charge is -2.11. The Hall–Kier alpha value is -0.410.